The Morgan fingerprint density at radius 1 is 1.52 bits per heavy atom. The molecule has 1 fully saturated rings. The molecule has 0 spiro atoms. The first-order chi connectivity index (χ1) is 10.9. The highest BCUT2D eigenvalue weighted by atomic mass is 32.2. The van der Waals surface area contributed by atoms with Crippen LogP contribution in [0.5, 0.6) is 5.75 Å². The maximum Gasteiger partial charge on any atom is 0.339 e. The number of alkyl halides is 1. The summed E-state index contributed by atoms with van der Waals surface area (Å²) >= 11 is 0. The lowest BCUT2D eigenvalue weighted by atomic mass is 10.2. The van der Waals surface area contributed by atoms with Gasteiger partial charge in [0.2, 0.25) is 10.0 Å². The average molecular weight is 347 g/mol. The molecule has 23 heavy (non-hydrogen) atoms. The van der Waals surface area contributed by atoms with Crippen LogP contribution in [0.3, 0.4) is 0 Å². The van der Waals surface area contributed by atoms with Gasteiger partial charge in [-0.15, -0.1) is 0 Å². The smallest absolute Gasteiger partial charge is 0.339 e. The lowest BCUT2D eigenvalue weighted by molar-refractivity contribution is 0.0238. The van der Waals surface area contributed by atoms with Crippen LogP contribution in [0.25, 0.3) is 0 Å². The molecule has 1 N–H and O–H groups in total. The minimum Gasteiger partial charge on any atom is -0.493 e. The van der Waals surface area contributed by atoms with Crippen molar-refractivity contribution in [2.75, 3.05) is 33.0 Å². The van der Waals surface area contributed by atoms with E-state index in [0.717, 1.165) is 10.4 Å². The molecule has 0 aromatic heterocycles. The fraction of sp³-hybridized carbons (Fsp3) is 0.500. The molecular formula is C14H18FNO6S. The highest BCUT2D eigenvalue weighted by Crippen LogP contribution is 2.26. The minimum absolute atomic E-state index is 0.0204. The van der Waals surface area contributed by atoms with Gasteiger partial charge in [-0.25, -0.2) is 17.6 Å². The Kier molecular flexibility index (Phi) is 5.55. The molecule has 1 aromatic rings. The zero-order valence-electron chi connectivity index (χ0n) is 12.6. The van der Waals surface area contributed by atoms with Crippen LogP contribution in [0.2, 0.25) is 0 Å². The Hall–Kier alpha value is -1.71. The van der Waals surface area contributed by atoms with Gasteiger partial charge in [-0.05, 0) is 25.1 Å². The summed E-state index contributed by atoms with van der Waals surface area (Å²) in [6, 6.07) is 2.68. The number of rotatable bonds is 6. The van der Waals surface area contributed by atoms with Crippen LogP contribution in [0.15, 0.2) is 23.1 Å². The molecule has 1 aliphatic heterocycles. The van der Waals surface area contributed by atoms with E-state index < -0.39 is 28.7 Å². The quantitative estimate of drug-likeness (QED) is 0.829. The highest BCUT2D eigenvalue weighted by Gasteiger charge is 2.34. The van der Waals surface area contributed by atoms with E-state index >= 15 is 0 Å². The first-order valence-corrected chi connectivity index (χ1v) is 8.51. The van der Waals surface area contributed by atoms with E-state index in [9.17, 15) is 22.7 Å². The zero-order valence-corrected chi connectivity index (χ0v) is 13.4. The van der Waals surface area contributed by atoms with Crippen molar-refractivity contribution in [2.24, 2.45) is 0 Å². The number of hydrogen-bond donors (Lipinski definition) is 1. The van der Waals surface area contributed by atoms with Crippen molar-refractivity contribution in [3.63, 3.8) is 0 Å². The molecular weight excluding hydrogens is 329 g/mol. The molecule has 0 amide bonds. The third kappa shape index (κ3) is 3.62. The van der Waals surface area contributed by atoms with Gasteiger partial charge < -0.3 is 14.6 Å². The monoisotopic (exact) mass is 347 g/mol. The summed E-state index contributed by atoms with van der Waals surface area (Å²) in [4.78, 5) is 11.1. The molecule has 1 saturated heterocycles. The van der Waals surface area contributed by atoms with Crippen molar-refractivity contribution in [3.8, 4) is 5.75 Å². The summed E-state index contributed by atoms with van der Waals surface area (Å²) in [5.74, 6) is -1.21. The number of carboxylic acid groups (broad SMARTS) is 1. The largest absolute Gasteiger partial charge is 0.493 e. The number of carboxylic acids is 1. The zero-order chi connectivity index (χ0) is 17.0. The van der Waals surface area contributed by atoms with E-state index in [1.54, 1.807) is 6.92 Å². The van der Waals surface area contributed by atoms with Crippen molar-refractivity contribution >= 4 is 16.0 Å². The standard InChI is InChI=1S/C14H18FNO6S/c1-2-22-13-4-3-11(7-12(13)14(17)18)23(19,20)16-5-6-21-9-10(16)8-15/h3-4,7,10H,2,5-6,8-9H2,1H3,(H,17,18). The van der Waals surface area contributed by atoms with Crippen molar-refractivity contribution in [2.45, 2.75) is 17.9 Å². The summed E-state index contributed by atoms with van der Waals surface area (Å²) in [5, 5.41) is 9.22. The first kappa shape index (κ1) is 17.6. The number of halogens is 1. The van der Waals surface area contributed by atoms with E-state index in [1.807, 2.05) is 0 Å². The summed E-state index contributed by atoms with van der Waals surface area (Å²) in [6.07, 6.45) is 0. The molecule has 0 radical (unpaired) electrons. The van der Waals surface area contributed by atoms with Crippen LogP contribution in [0.1, 0.15) is 17.3 Å². The molecule has 7 nitrogen and oxygen atoms in total. The van der Waals surface area contributed by atoms with Gasteiger partial charge in [-0.2, -0.15) is 4.31 Å². The Labute approximate surface area is 133 Å². The van der Waals surface area contributed by atoms with Crippen molar-refractivity contribution in [1.29, 1.82) is 0 Å². The maximum atomic E-state index is 13.0. The molecule has 1 aliphatic rings. The number of nitrogens with zero attached hydrogens (tertiary/aromatic N) is 1. The lowest BCUT2D eigenvalue weighted by Gasteiger charge is -2.32. The van der Waals surface area contributed by atoms with Gasteiger partial charge in [0.1, 0.15) is 18.0 Å². The molecule has 128 valence electrons. The second kappa shape index (κ2) is 7.24. The summed E-state index contributed by atoms with van der Waals surface area (Å²) in [5.41, 5.74) is -0.252. The van der Waals surface area contributed by atoms with Crippen LogP contribution < -0.4 is 4.74 Å². The Bertz CT molecular complexity index is 678. The van der Waals surface area contributed by atoms with Crippen LogP contribution >= 0.6 is 0 Å². The number of morpholine rings is 1. The van der Waals surface area contributed by atoms with Crippen LogP contribution in [0, 0.1) is 0 Å². The molecule has 0 bridgehead atoms. The summed E-state index contributed by atoms with van der Waals surface area (Å²) in [7, 11) is -4.02. The van der Waals surface area contributed by atoms with Crippen molar-refractivity contribution in [3.05, 3.63) is 23.8 Å². The SMILES string of the molecule is CCOc1ccc(S(=O)(=O)N2CCOCC2CF)cc1C(=O)O. The topological polar surface area (TPSA) is 93.1 Å². The molecule has 1 aromatic carbocycles. The van der Waals surface area contributed by atoms with Gasteiger partial charge in [0.15, 0.2) is 0 Å². The average Bonchev–Trinajstić information content (AvgIpc) is 2.55. The molecule has 2 rings (SSSR count). The maximum absolute atomic E-state index is 13.0. The third-order valence-electron chi connectivity index (χ3n) is 3.44. The number of ether oxygens (including phenoxy) is 2. The Morgan fingerprint density at radius 3 is 2.87 bits per heavy atom. The number of sulfonamides is 1. The molecule has 0 saturated carbocycles. The number of hydrogen-bond acceptors (Lipinski definition) is 5. The molecule has 0 aliphatic carbocycles. The van der Waals surface area contributed by atoms with E-state index in [-0.39, 0.29) is 42.6 Å². The van der Waals surface area contributed by atoms with Gasteiger partial charge in [0.05, 0.1) is 30.8 Å². The van der Waals surface area contributed by atoms with Gasteiger partial charge in [0, 0.05) is 6.54 Å². The van der Waals surface area contributed by atoms with Crippen LogP contribution in [-0.2, 0) is 14.8 Å². The second-order valence-corrected chi connectivity index (χ2v) is 6.79. The fourth-order valence-corrected chi connectivity index (χ4v) is 3.93. The second-order valence-electron chi connectivity index (χ2n) is 4.89. The molecule has 1 heterocycles. The normalized spacial score (nSPS) is 19.5. The number of aromatic carboxylic acids is 1. The van der Waals surface area contributed by atoms with Crippen LogP contribution in [0.4, 0.5) is 4.39 Å². The predicted molar refractivity (Wildman–Crippen MR) is 79.0 cm³/mol. The predicted octanol–water partition coefficient (Wildman–Crippen LogP) is 1.14. The van der Waals surface area contributed by atoms with Gasteiger partial charge in [0.25, 0.3) is 0 Å². The fourth-order valence-electron chi connectivity index (χ4n) is 2.33. The van der Waals surface area contributed by atoms with E-state index in [1.165, 1.54) is 12.1 Å². The lowest BCUT2D eigenvalue weighted by Crippen LogP contribution is -2.49. The highest BCUT2D eigenvalue weighted by molar-refractivity contribution is 7.89. The molecule has 1 atom stereocenters. The van der Waals surface area contributed by atoms with E-state index in [4.69, 9.17) is 9.47 Å². The minimum atomic E-state index is -4.02. The van der Waals surface area contributed by atoms with E-state index in [2.05, 4.69) is 0 Å². The Balaban J connectivity index is 2.43. The van der Waals surface area contributed by atoms with Crippen molar-refractivity contribution in [1.82, 2.24) is 4.31 Å². The Morgan fingerprint density at radius 2 is 2.26 bits per heavy atom. The van der Waals surface area contributed by atoms with E-state index in [0.29, 0.717) is 0 Å². The summed E-state index contributed by atoms with van der Waals surface area (Å²) < 4.78 is 49.7. The first-order valence-electron chi connectivity index (χ1n) is 7.07. The van der Waals surface area contributed by atoms with Crippen molar-refractivity contribution < 1.29 is 32.2 Å². The van der Waals surface area contributed by atoms with Gasteiger partial charge >= 0.3 is 5.97 Å². The summed E-state index contributed by atoms with van der Waals surface area (Å²) in [6.45, 7) is 1.22. The van der Waals surface area contributed by atoms with Gasteiger partial charge in [-0.3, -0.25) is 0 Å². The molecule has 1 unspecified atom stereocenters. The molecule has 9 heteroatoms. The van der Waals surface area contributed by atoms with Crippen LogP contribution in [-0.4, -0.2) is 62.9 Å². The van der Waals surface area contributed by atoms with Gasteiger partial charge in [-0.1, -0.05) is 0 Å². The third-order valence-corrected chi connectivity index (χ3v) is 5.39. The number of benzene rings is 1. The number of carbonyl (C=O) groups is 1.